The summed E-state index contributed by atoms with van der Waals surface area (Å²) in [6.45, 7) is 13.9. The third-order valence-corrected chi connectivity index (χ3v) is 8.63. The molecule has 7 nitrogen and oxygen atoms in total. The van der Waals surface area contributed by atoms with E-state index in [0.717, 1.165) is 113 Å². The van der Waals surface area contributed by atoms with Crippen LogP contribution < -0.4 is 16.4 Å². The van der Waals surface area contributed by atoms with Crippen LogP contribution in [-0.2, 0) is 0 Å². The maximum Gasteiger partial charge on any atom is 0.261 e. The molecule has 0 saturated heterocycles. The first kappa shape index (κ1) is 33.0. The van der Waals surface area contributed by atoms with Crippen LogP contribution >= 0.6 is 0 Å². The fourth-order valence-corrected chi connectivity index (χ4v) is 6.20. The summed E-state index contributed by atoms with van der Waals surface area (Å²) in [7, 11) is 0. The third-order valence-electron chi connectivity index (χ3n) is 8.63. The number of benzene rings is 2. The first-order valence-electron chi connectivity index (χ1n) is 16.3. The van der Waals surface area contributed by atoms with E-state index in [1.165, 1.54) is 4.90 Å². The Kier molecular flexibility index (Phi) is 13.6. The topological polar surface area (TPSA) is 95.9 Å². The molecule has 2 amide bonds. The first-order chi connectivity index (χ1) is 19.9. The number of carbonyl (C=O) groups excluding carboxylic acids is 2. The van der Waals surface area contributed by atoms with Crippen molar-refractivity contribution in [1.82, 2.24) is 9.80 Å². The zero-order chi connectivity index (χ0) is 29.8. The Hall–Kier alpha value is -2.48. The van der Waals surface area contributed by atoms with Gasteiger partial charge in [-0.25, -0.2) is 0 Å². The van der Waals surface area contributed by atoms with Gasteiger partial charge in [-0.15, -0.1) is 0 Å². The van der Waals surface area contributed by atoms with Crippen molar-refractivity contribution in [1.29, 1.82) is 0 Å². The molecule has 2 atom stereocenters. The van der Waals surface area contributed by atoms with E-state index in [4.69, 9.17) is 11.5 Å². The SMILES string of the molecule is CCCC(N)CCN(CCCCCCN1C(=O)c2cccc3c(N(CC)CC)ccc(c23)C1=O)CCC(N)CCC. The summed E-state index contributed by atoms with van der Waals surface area (Å²) in [6.07, 6.45) is 10.5. The van der Waals surface area contributed by atoms with Gasteiger partial charge in [-0.3, -0.25) is 14.5 Å². The molecular weight excluding hydrogens is 510 g/mol. The van der Waals surface area contributed by atoms with E-state index < -0.39 is 0 Å². The molecule has 1 aliphatic heterocycles. The van der Waals surface area contributed by atoms with Gasteiger partial charge in [-0.1, -0.05) is 51.7 Å². The fourth-order valence-electron chi connectivity index (χ4n) is 6.20. The summed E-state index contributed by atoms with van der Waals surface area (Å²) >= 11 is 0. The fraction of sp³-hybridized carbons (Fsp3) is 0.647. The monoisotopic (exact) mass is 565 g/mol. The summed E-state index contributed by atoms with van der Waals surface area (Å²) in [5, 5.41) is 1.79. The second-order valence-corrected chi connectivity index (χ2v) is 11.7. The molecule has 0 radical (unpaired) electrons. The van der Waals surface area contributed by atoms with Crippen LogP contribution in [0.25, 0.3) is 10.8 Å². The van der Waals surface area contributed by atoms with E-state index in [1.807, 2.05) is 30.3 Å². The van der Waals surface area contributed by atoms with E-state index in [1.54, 1.807) is 0 Å². The van der Waals surface area contributed by atoms with Crippen LogP contribution in [0.3, 0.4) is 0 Å². The number of hydrogen-bond donors (Lipinski definition) is 2. The lowest BCUT2D eigenvalue weighted by Gasteiger charge is -2.30. The second-order valence-electron chi connectivity index (χ2n) is 11.7. The van der Waals surface area contributed by atoms with Crippen molar-refractivity contribution in [2.45, 2.75) is 104 Å². The highest BCUT2D eigenvalue weighted by Gasteiger charge is 2.33. The second kappa shape index (κ2) is 16.8. The standard InChI is InChI=1S/C34H55N5O2/c1-5-14-26(35)20-24-37(25-21-27(36)15-6-2)22-11-9-10-12-23-39-33(40)29-17-13-16-28-31(38(7-3)8-4)19-18-30(32(28)29)34(39)41/h13,16-19,26-27H,5-12,14-15,20-25,35-36H2,1-4H3. The third kappa shape index (κ3) is 8.76. The van der Waals surface area contributed by atoms with Crippen molar-refractivity contribution in [3.05, 3.63) is 41.5 Å². The van der Waals surface area contributed by atoms with Gasteiger partial charge < -0.3 is 21.3 Å². The first-order valence-corrected chi connectivity index (χ1v) is 16.3. The average Bonchev–Trinajstić information content (AvgIpc) is 2.97. The Bertz CT molecular complexity index is 1080. The molecule has 7 heteroatoms. The van der Waals surface area contributed by atoms with Crippen molar-refractivity contribution in [3.8, 4) is 0 Å². The van der Waals surface area contributed by atoms with Crippen molar-refractivity contribution in [3.63, 3.8) is 0 Å². The molecule has 0 saturated carbocycles. The number of unbranched alkanes of at least 4 members (excludes halogenated alkanes) is 3. The predicted molar refractivity (Wildman–Crippen MR) is 173 cm³/mol. The maximum absolute atomic E-state index is 13.5. The van der Waals surface area contributed by atoms with Gasteiger partial charge >= 0.3 is 0 Å². The molecule has 0 spiro atoms. The Labute approximate surface area is 248 Å². The number of anilines is 1. The Morgan fingerprint density at radius 1 is 0.707 bits per heavy atom. The molecule has 3 rings (SSSR count). The van der Waals surface area contributed by atoms with Gasteiger partial charge in [0.05, 0.1) is 0 Å². The van der Waals surface area contributed by atoms with Gasteiger partial charge in [-0.05, 0) is 90.2 Å². The number of carbonyl (C=O) groups is 2. The molecule has 41 heavy (non-hydrogen) atoms. The summed E-state index contributed by atoms with van der Waals surface area (Å²) in [4.78, 5) is 33.2. The summed E-state index contributed by atoms with van der Waals surface area (Å²) in [5.41, 5.74) is 15.0. The molecule has 0 aromatic heterocycles. The number of rotatable bonds is 20. The normalized spacial score (nSPS) is 14.8. The molecule has 2 unspecified atom stereocenters. The number of nitrogens with zero attached hydrogens (tertiary/aromatic N) is 3. The van der Waals surface area contributed by atoms with Crippen LogP contribution in [0.1, 0.15) is 113 Å². The van der Waals surface area contributed by atoms with E-state index in [0.29, 0.717) is 17.7 Å². The maximum atomic E-state index is 13.5. The van der Waals surface area contributed by atoms with Gasteiger partial charge in [0.2, 0.25) is 0 Å². The molecule has 0 aliphatic carbocycles. The number of nitrogens with two attached hydrogens (primary N) is 2. The highest BCUT2D eigenvalue weighted by Crippen LogP contribution is 2.36. The summed E-state index contributed by atoms with van der Waals surface area (Å²) < 4.78 is 0. The lowest BCUT2D eigenvalue weighted by Crippen LogP contribution is -2.41. The van der Waals surface area contributed by atoms with E-state index in [2.05, 4.69) is 37.5 Å². The Morgan fingerprint density at radius 3 is 1.88 bits per heavy atom. The van der Waals surface area contributed by atoms with Gasteiger partial charge in [0.15, 0.2) is 0 Å². The zero-order valence-electron chi connectivity index (χ0n) is 26.2. The van der Waals surface area contributed by atoms with Gasteiger partial charge in [0, 0.05) is 59.3 Å². The molecule has 4 N–H and O–H groups in total. The molecule has 1 aliphatic rings. The van der Waals surface area contributed by atoms with Crippen LogP contribution in [0.5, 0.6) is 0 Å². The highest BCUT2D eigenvalue weighted by molar-refractivity contribution is 6.26. The van der Waals surface area contributed by atoms with Crippen molar-refractivity contribution in [2.24, 2.45) is 11.5 Å². The van der Waals surface area contributed by atoms with Gasteiger partial charge in [-0.2, -0.15) is 0 Å². The van der Waals surface area contributed by atoms with E-state index in [9.17, 15) is 9.59 Å². The lowest BCUT2D eigenvalue weighted by molar-refractivity contribution is 0.0607. The van der Waals surface area contributed by atoms with Gasteiger partial charge in [0.25, 0.3) is 11.8 Å². The largest absolute Gasteiger partial charge is 0.372 e. The molecular formula is C34H55N5O2. The van der Waals surface area contributed by atoms with Crippen molar-refractivity contribution in [2.75, 3.05) is 44.2 Å². The molecule has 2 aromatic rings. The molecule has 0 bridgehead atoms. The van der Waals surface area contributed by atoms with Crippen LogP contribution in [0.15, 0.2) is 30.3 Å². The van der Waals surface area contributed by atoms with Gasteiger partial charge in [0.1, 0.15) is 0 Å². The molecule has 1 heterocycles. The molecule has 0 fully saturated rings. The Balaban J connectivity index is 1.53. The number of imide groups is 1. The van der Waals surface area contributed by atoms with E-state index in [-0.39, 0.29) is 23.9 Å². The van der Waals surface area contributed by atoms with Crippen LogP contribution in [-0.4, -0.2) is 73.0 Å². The van der Waals surface area contributed by atoms with Crippen molar-refractivity contribution >= 4 is 28.3 Å². The predicted octanol–water partition coefficient (Wildman–Crippen LogP) is 6.18. The zero-order valence-corrected chi connectivity index (χ0v) is 26.2. The summed E-state index contributed by atoms with van der Waals surface area (Å²) in [5.74, 6) is -0.328. The minimum Gasteiger partial charge on any atom is -0.372 e. The van der Waals surface area contributed by atoms with Crippen molar-refractivity contribution < 1.29 is 9.59 Å². The Morgan fingerprint density at radius 2 is 1.29 bits per heavy atom. The van der Waals surface area contributed by atoms with Crippen LogP contribution in [0, 0.1) is 0 Å². The molecule has 2 aromatic carbocycles. The minimum atomic E-state index is -0.164. The van der Waals surface area contributed by atoms with E-state index >= 15 is 0 Å². The molecule has 228 valence electrons. The highest BCUT2D eigenvalue weighted by atomic mass is 16.2. The average molecular weight is 566 g/mol. The number of hydrogen-bond acceptors (Lipinski definition) is 6. The summed E-state index contributed by atoms with van der Waals surface area (Å²) in [6, 6.07) is 10.3. The minimum absolute atomic E-state index is 0.164. The van der Waals surface area contributed by atoms with Crippen LogP contribution in [0.2, 0.25) is 0 Å². The van der Waals surface area contributed by atoms with Crippen LogP contribution in [0.4, 0.5) is 5.69 Å². The quantitative estimate of drug-likeness (QED) is 0.147. The number of amides is 2. The smallest absolute Gasteiger partial charge is 0.261 e. The lowest BCUT2D eigenvalue weighted by atomic mass is 9.92.